The van der Waals surface area contributed by atoms with Gasteiger partial charge in [-0.25, -0.2) is 4.98 Å². The van der Waals surface area contributed by atoms with Crippen LogP contribution >= 0.6 is 0 Å². The average molecular weight is 486 g/mol. The average Bonchev–Trinajstić information content (AvgIpc) is 3.24. The minimum atomic E-state index is -0.832. The van der Waals surface area contributed by atoms with E-state index >= 15 is 0 Å². The second-order valence-electron chi connectivity index (χ2n) is 10.5. The molecule has 1 aliphatic carbocycles. The molecule has 2 aromatic carbocycles. The van der Waals surface area contributed by atoms with Crippen LogP contribution in [0.2, 0.25) is 0 Å². The first kappa shape index (κ1) is 24.4. The first-order chi connectivity index (χ1) is 17.4. The molecular formula is C31H35NO4. The van der Waals surface area contributed by atoms with Crippen LogP contribution in [0.15, 0.2) is 42.6 Å². The SMILES string of the molecule is Cc1cc(COc2cc3c(cn2)[C@H](CC(=O)O)CO3)cc(-c2c(C)cc(C3CCCCC3)cc2C)c1. The van der Waals surface area contributed by atoms with Crippen LogP contribution in [0.4, 0.5) is 0 Å². The van der Waals surface area contributed by atoms with Crippen molar-refractivity contribution >= 4 is 5.97 Å². The normalized spacial score (nSPS) is 17.5. The molecule has 1 saturated carbocycles. The maximum atomic E-state index is 11.1. The van der Waals surface area contributed by atoms with Crippen molar-refractivity contribution < 1.29 is 19.4 Å². The van der Waals surface area contributed by atoms with Crippen molar-refractivity contribution in [3.05, 3.63) is 76.0 Å². The van der Waals surface area contributed by atoms with Crippen molar-refractivity contribution in [2.45, 2.75) is 77.7 Å². The highest BCUT2D eigenvalue weighted by Gasteiger charge is 2.27. The zero-order chi connectivity index (χ0) is 25.2. The summed E-state index contributed by atoms with van der Waals surface area (Å²) in [5, 5.41) is 9.10. The summed E-state index contributed by atoms with van der Waals surface area (Å²) in [6.07, 6.45) is 8.42. The highest BCUT2D eigenvalue weighted by Crippen LogP contribution is 2.38. The van der Waals surface area contributed by atoms with Crippen LogP contribution in [-0.4, -0.2) is 22.7 Å². The monoisotopic (exact) mass is 485 g/mol. The molecule has 5 nitrogen and oxygen atoms in total. The number of aromatic nitrogens is 1. The third kappa shape index (κ3) is 5.25. The first-order valence-electron chi connectivity index (χ1n) is 13.1. The molecule has 1 fully saturated rings. The lowest BCUT2D eigenvalue weighted by molar-refractivity contribution is -0.137. The van der Waals surface area contributed by atoms with Gasteiger partial charge in [-0.05, 0) is 79.0 Å². The van der Waals surface area contributed by atoms with Crippen molar-refractivity contribution in [3.63, 3.8) is 0 Å². The van der Waals surface area contributed by atoms with E-state index in [0.717, 1.165) is 11.1 Å². The van der Waals surface area contributed by atoms with Gasteiger partial charge < -0.3 is 14.6 Å². The molecule has 2 heterocycles. The summed E-state index contributed by atoms with van der Waals surface area (Å²) >= 11 is 0. The Morgan fingerprint density at radius 3 is 2.50 bits per heavy atom. The van der Waals surface area contributed by atoms with E-state index in [-0.39, 0.29) is 12.3 Å². The Hall–Kier alpha value is -3.34. The molecule has 188 valence electrons. The number of ether oxygens (including phenoxy) is 2. The van der Waals surface area contributed by atoms with Crippen LogP contribution in [0.5, 0.6) is 11.6 Å². The van der Waals surface area contributed by atoms with Gasteiger partial charge in [0.25, 0.3) is 0 Å². The zero-order valence-electron chi connectivity index (χ0n) is 21.5. The number of benzene rings is 2. The van der Waals surface area contributed by atoms with Gasteiger partial charge in [0.15, 0.2) is 0 Å². The zero-order valence-corrected chi connectivity index (χ0v) is 21.5. The molecule has 0 amide bonds. The molecule has 2 aliphatic rings. The molecule has 5 rings (SSSR count). The maximum absolute atomic E-state index is 11.1. The number of nitrogens with zero attached hydrogens (tertiary/aromatic N) is 1. The van der Waals surface area contributed by atoms with E-state index in [1.165, 1.54) is 65.5 Å². The van der Waals surface area contributed by atoms with E-state index in [1.807, 2.05) is 0 Å². The number of hydrogen-bond donors (Lipinski definition) is 1. The molecule has 36 heavy (non-hydrogen) atoms. The van der Waals surface area contributed by atoms with Gasteiger partial charge in [-0.1, -0.05) is 49.1 Å². The standard InChI is InChI=1S/C31H35NO4/c1-19-9-22(17-36-29-15-28-27(16-32-29)26(18-35-28)14-30(33)34)13-25(10-19)31-20(2)11-24(12-21(31)3)23-7-5-4-6-8-23/h9-13,15-16,23,26H,4-8,14,17-18H2,1-3H3,(H,33,34)/t26-/m1/s1. The van der Waals surface area contributed by atoms with Crippen LogP contribution in [0.25, 0.3) is 11.1 Å². The Bertz CT molecular complexity index is 1250. The number of carboxylic acid groups (broad SMARTS) is 1. The van der Waals surface area contributed by atoms with Gasteiger partial charge in [0.05, 0.1) is 13.0 Å². The number of pyridine rings is 1. The van der Waals surface area contributed by atoms with E-state index in [9.17, 15) is 4.79 Å². The van der Waals surface area contributed by atoms with Gasteiger partial charge in [-0.15, -0.1) is 0 Å². The molecule has 1 N–H and O–H groups in total. The number of aryl methyl sites for hydroxylation is 3. The summed E-state index contributed by atoms with van der Waals surface area (Å²) in [6.45, 7) is 7.36. The van der Waals surface area contributed by atoms with Crippen molar-refractivity contribution in [2.24, 2.45) is 0 Å². The number of hydrogen-bond acceptors (Lipinski definition) is 4. The number of carbonyl (C=O) groups is 1. The Morgan fingerprint density at radius 2 is 1.78 bits per heavy atom. The Labute approximate surface area is 213 Å². The van der Waals surface area contributed by atoms with Gasteiger partial charge in [-0.2, -0.15) is 0 Å². The second kappa shape index (κ2) is 10.3. The predicted octanol–water partition coefficient (Wildman–Crippen LogP) is 7.25. The number of aliphatic carboxylic acids is 1. The summed E-state index contributed by atoms with van der Waals surface area (Å²) in [4.78, 5) is 15.5. The highest BCUT2D eigenvalue weighted by atomic mass is 16.5. The topological polar surface area (TPSA) is 68.7 Å². The molecule has 3 aromatic rings. The number of rotatable bonds is 7. The summed E-state index contributed by atoms with van der Waals surface area (Å²) in [5.41, 5.74) is 9.83. The molecule has 0 spiro atoms. The lowest BCUT2D eigenvalue weighted by Gasteiger charge is -2.24. The van der Waals surface area contributed by atoms with Crippen LogP contribution < -0.4 is 9.47 Å². The van der Waals surface area contributed by atoms with Gasteiger partial charge >= 0.3 is 5.97 Å². The summed E-state index contributed by atoms with van der Waals surface area (Å²) < 4.78 is 11.7. The summed E-state index contributed by atoms with van der Waals surface area (Å²) in [5.74, 6) is 0.864. The maximum Gasteiger partial charge on any atom is 0.304 e. The molecule has 1 aromatic heterocycles. The third-order valence-electron chi connectivity index (χ3n) is 7.61. The lowest BCUT2D eigenvalue weighted by atomic mass is 9.81. The Balaban J connectivity index is 1.33. The Morgan fingerprint density at radius 1 is 1.03 bits per heavy atom. The quantitative estimate of drug-likeness (QED) is 0.382. The summed E-state index contributed by atoms with van der Waals surface area (Å²) in [6, 6.07) is 13.2. The molecule has 0 radical (unpaired) electrons. The molecule has 0 saturated heterocycles. The predicted molar refractivity (Wildman–Crippen MR) is 141 cm³/mol. The van der Waals surface area contributed by atoms with Crippen LogP contribution in [0.3, 0.4) is 0 Å². The largest absolute Gasteiger partial charge is 0.492 e. The molecule has 0 unspecified atom stereocenters. The fraction of sp³-hybridized carbons (Fsp3) is 0.419. The van der Waals surface area contributed by atoms with Crippen molar-refractivity contribution in [2.75, 3.05) is 6.61 Å². The lowest BCUT2D eigenvalue weighted by Crippen LogP contribution is -2.07. The molecule has 5 heteroatoms. The fourth-order valence-electron chi connectivity index (χ4n) is 5.97. The van der Waals surface area contributed by atoms with Crippen LogP contribution in [-0.2, 0) is 11.4 Å². The van der Waals surface area contributed by atoms with Gasteiger partial charge in [0, 0.05) is 23.7 Å². The smallest absolute Gasteiger partial charge is 0.304 e. The van der Waals surface area contributed by atoms with E-state index in [0.29, 0.717) is 30.8 Å². The van der Waals surface area contributed by atoms with Crippen molar-refractivity contribution in [1.82, 2.24) is 4.98 Å². The van der Waals surface area contributed by atoms with E-state index < -0.39 is 5.97 Å². The first-order valence-corrected chi connectivity index (χ1v) is 13.1. The number of fused-ring (bicyclic) bond motifs is 1. The fourth-order valence-corrected chi connectivity index (χ4v) is 5.97. The van der Waals surface area contributed by atoms with Gasteiger partial charge in [0.1, 0.15) is 12.4 Å². The van der Waals surface area contributed by atoms with Crippen molar-refractivity contribution in [3.8, 4) is 22.8 Å². The van der Waals surface area contributed by atoms with Crippen molar-refractivity contribution in [1.29, 1.82) is 0 Å². The summed E-state index contributed by atoms with van der Waals surface area (Å²) in [7, 11) is 0. The molecule has 1 aliphatic heterocycles. The molecule has 0 bridgehead atoms. The molecule has 1 atom stereocenters. The number of carboxylic acids is 1. The molecular weight excluding hydrogens is 450 g/mol. The third-order valence-corrected chi connectivity index (χ3v) is 7.61. The highest BCUT2D eigenvalue weighted by molar-refractivity contribution is 5.72. The van der Waals surface area contributed by atoms with E-state index in [4.69, 9.17) is 14.6 Å². The van der Waals surface area contributed by atoms with Gasteiger partial charge in [-0.3, -0.25) is 4.79 Å². The van der Waals surface area contributed by atoms with Gasteiger partial charge in [0.2, 0.25) is 5.88 Å². The minimum Gasteiger partial charge on any atom is -0.492 e. The van der Waals surface area contributed by atoms with Crippen LogP contribution in [0.1, 0.15) is 83.7 Å². The Kier molecular flexibility index (Phi) is 6.99. The second-order valence-corrected chi connectivity index (χ2v) is 10.5. The van der Waals surface area contributed by atoms with E-state index in [1.54, 1.807) is 12.3 Å². The van der Waals surface area contributed by atoms with E-state index in [2.05, 4.69) is 56.1 Å². The van der Waals surface area contributed by atoms with Crippen LogP contribution in [0, 0.1) is 20.8 Å². The minimum absolute atomic E-state index is 0.0431.